The maximum absolute atomic E-state index is 6.22. The summed E-state index contributed by atoms with van der Waals surface area (Å²) in [4.78, 5) is 2.66. The van der Waals surface area contributed by atoms with Crippen LogP contribution in [0.1, 0.15) is 62.4 Å². The Hall–Kier alpha value is -0.875. The fourth-order valence-electron chi connectivity index (χ4n) is 2.89. The molecule has 3 rings (SSSR count). The van der Waals surface area contributed by atoms with E-state index in [1.165, 1.54) is 20.9 Å². The molecule has 0 aliphatic carbocycles. The van der Waals surface area contributed by atoms with Crippen molar-refractivity contribution in [2.24, 2.45) is 0 Å². The molecule has 2 nitrogen and oxygen atoms in total. The molecule has 0 radical (unpaired) electrons. The molecule has 1 aliphatic heterocycles. The fraction of sp³-hybridized carbons (Fsp3) is 0.500. The lowest BCUT2D eigenvalue weighted by Crippen LogP contribution is -2.41. The molecule has 2 aromatic rings. The third kappa shape index (κ3) is 3.66. The van der Waals surface area contributed by atoms with E-state index in [4.69, 9.17) is 9.31 Å². The highest BCUT2D eigenvalue weighted by molar-refractivity contribution is 7.23. The smallest absolute Gasteiger partial charge is 0.399 e. The fourth-order valence-corrected chi connectivity index (χ4v) is 4.90. The van der Waals surface area contributed by atoms with E-state index in [-0.39, 0.29) is 18.3 Å². The second-order valence-electron chi connectivity index (χ2n) is 7.48. The van der Waals surface area contributed by atoms with E-state index in [9.17, 15) is 0 Å². The van der Waals surface area contributed by atoms with E-state index in [1.807, 2.05) is 0 Å². The molecule has 1 aliphatic rings. The predicted molar refractivity (Wildman–Crippen MR) is 112 cm³/mol. The highest BCUT2D eigenvalue weighted by Crippen LogP contribution is 2.37. The summed E-state index contributed by atoms with van der Waals surface area (Å²) >= 11 is 3.59. The minimum absolute atomic E-state index is 0.268. The van der Waals surface area contributed by atoms with Crippen LogP contribution in [-0.2, 0) is 22.2 Å². The van der Waals surface area contributed by atoms with Gasteiger partial charge >= 0.3 is 7.12 Å². The molecule has 0 saturated carbocycles. The van der Waals surface area contributed by atoms with Crippen LogP contribution in [0.5, 0.6) is 0 Å². The monoisotopic (exact) mass is 374 g/mol. The summed E-state index contributed by atoms with van der Waals surface area (Å²) in [6, 6.07) is 4.47. The van der Waals surface area contributed by atoms with E-state index in [1.54, 1.807) is 22.7 Å². The van der Waals surface area contributed by atoms with Gasteiger partial charge in [-0.3, -0.25) is 0 Å². The topological polar surface area (TPSA) is 18.5 Å². The molecule has 1 fully saturated rings. The van der Waals surface area contributed by atoms with E-state index >= 15 is 0 Å². The van der Waals surface area contributed by atoms with Crippen molar-refractivity contribution in [3.05, 3.63) is 38.4 Å². The second kappa shape index (κ2) is 7.03. The van der Waals surface area contributed by atoms with Crippen LogP contribution in [0.2, 0.25) is 0 Å². The predicted octanol–water partition coefficient (Wildman–Crippen LogP) is 5.40. The third-order valence-electron chi connectivity index (χ3n) is 5.27. The van der Waals surface area contributed by atoms with Crippen molar-refractivity contribution >= 4 is 46.7 Å². The number of hydrogen-bond acceptors (Lipinski definition) is 4. The molecular weight excluding hydrogens is 347 g/mol. The van der Waals surface area contributed by atoms with Crippen molar-refractivity contribution in [3.63, 3.8) is 0 Å². The number of hydrogen-bond donors (Lipinski definition) is 0. The summed E-state index contributed by atoms with van der Waals surface area (Å²) in [5, 5.41) is 2.17. The van der Waals surface area contributed by atoms with E-state index in [2.05, 4.69) is 71.2 Å². The highest BCUT2D eigenvalue weighted by Gasteiger charge is 2.52. The molecule has 0 amide bonds. The molecule has 0 unspecified atom stereocenters. The Morgan fingerprint density at radius 2 is 1.56 bits per heavy atom. The molecule has 0 atom stereocenters. The van der Waals surface area contributed by atoms with Crippen LogP contribution in [-0.4, -0.2) is 18.3 Å². The van der Waals surface area contributed by atoms with Gasteiger partial charge in [0.05, 0.1) is 11.2 Å². The van der Waals surface area contributed by atoms with Crippen LogP contribution in [0.3, 0.4) is 0 Å². The minimum atomic E-state index is -0.295. The Morgan fingerprint density at radius 3 is 2.16 bits per heavy atom. The van der Waals surface area contributed by atoms with Crippen LogP contribution < -0.4 is 4.78 Å². The molecular formula is C20H27BO2S2. The Labute approximate surface area is 160 Å². The van der Waals surface area contributed by atoms with Gasteiger partial charge in [-0.1, -0.05) is 13.8 Å². The molecule has 134 valence electrons. The Kier molecular flexibility index (Phi) is 5.32. The number of thiophene rings is 2. The summed E-state index contributed by atoms with van der Waals surface area (Å²) in [7, 11) is -0.268. The SMILES string of the molecule is CCc1ccsc1C=Cc1sc(B2OC(C)(C)C(C)(C)O2)cc1CC. The highest BCUT2D eigenvalue weighted by atomic mass is 32.1. The molecule has 0 aromatic carbocycles. The number of rotatable bonds is 5. The van der Waals surface area contributed by atoms with Gasteiger partial charge in [0.25, 0.3) is 0 Å². The maximum Gasteiger partial charge on any atom is 0.505 e. The summed E-state index contributed by atoms with van der Waals surface area (Å²) in [5.74, 6) is 0. The van der Waals surface area contributed by atoms with E-state index in [0.29, 0.717) is 0 Å². The first-order valence-electron chi connectivity index (χ1n) is 9.00. The van der Waals surface area contributed by atoms with E-state index < -0.39 is 0 Å². The molecule has 5 heteroatoms. The van der Waals surface area contributed by atoms with Crippen molar-refractivity contribution in [3.8, 4) is 0 Å². The third-order valence-corrected chi connectivity index (χ3v) is 7.36. The van der Waals surface area contributed by atoms with Gasteiger partial charge in [0, 0.05) is 14.5 Å². The quantitative estimate of drug-likeness (QED) is 0.652. The first-order valence-corrected chi connectivity index (χ1v) is 10.7. The van der Waals surface area contributed by atoms with Gasteiger partial charge in [-0.2, -0.15) is 0 Å². The largest absolute Gasteiger partial charge is 0.505 e. The van der Waals surface area contributed by atoms with Crippen LogP contribution >= 0.6 is 22.7 Å². The van der Waals surface area contributed by atoms with Gasteiger partial charge in [-0.15, -0.1) is 22.7 Å². The first-order chi connectivity index (χ1) is 11.8. The van der Waals surface area contributed by atoms with Gasteiger partial charge in [0.2, 0.25) is 0 Å². The van der Waals surface area contributed by atoms with Crippen LogP contribution in [0.15, 0.2) is 17.5 Å². The number of aryl methyl sites for hydroxylation is 2. The lowest BCUT2D eigenvalue weighted by atomic mass is 9.87. The summed E-state index contributed by atoms with van der Waals surface area (Å²) in [6.45, 7) is 12.8. The Bertz CT molecular complexity index is 755. The van der Waals surface area contributed by atoms with Crippen molar-refractivity contribution in [1.29, 1.82) is 0 Å². The first kappa shape index (κ1) is 18.9. The normalized spacial score (nSPS) is 19.2. The van der Waals surface area contributed by atoms with Crippen LogP contribution in [0, 0.1) is 0 Å². The van der Waals surface area contributed by atoms with Gasteiger partial charge in [0.1, 0.15) is 0 Å². The van der Waals surface area contributed by atoms with Crippen LogP contribution in [0.4, 0.5) is 0 Å². The van der Waals surface area contributed by atoms with E-state index in [0.717, 1.165) is 17.6 Å². The van der Waals surface area contributed by atoms with Gasteiger partial charge in [-0.25, -0.2) is 0 Å². The average molecular weight is 374 g/mol. The van der Waals surface area contributed by atoms with Crippen molar-refractivity contribution < 1.29 is 9.31 Å². The van der Waals surface area contributed by atoms with Crippen molar-refractivity contribution in [1.82, 2.24) is 0 Å². The second-order valence-corrected chi connectivity index (χ2v) is 9.54. The Balaban J connectivity index is 1.86. The summed E-state index contributed by atoms with van der Waals surface area (Å²) < 4.78 is 13.6. The summed E-state index contributed by atoms with van der Waals surface area (Å²) in [6.07, 6.45) is 6.60. The standard InChI is InChI=1S/C20H27BO2S2/c1-7-14-11-12-24-16(14)9-10-17-15(8-2)13-18(25-17)21-22-19(3,4)20(5,6)23-21/h9-13H,7-8H2,1-6H3. The zero-order valence-corrected chi connectivity index (χ0v) is 17.6. The molecule has 25 heavy (non-hydrogen) atoms. The molecule has 0 bridgehead atoms. The maximum atomic E-state index is 6.22. The van der Waals surface area contributed by atoms with Gasteiger partial charge < -0.3 is 9.31 Å². The van der Waals surface area contributed by atoms with Crippen molar-refractivity contribution in [2.75, 3.05) is 0 Å². The zero-order chi connectivity index (χ0) is 18.2. The zero-order valence-electron chi connectivity index (χ0n) is 16.0. The van der Waals surface area contributed by atoms with Gasteiger partial charge in [0.15, 0.2) is 0 Å². The lowest BCUT2D eigenvalue weighted by molar-refractivity contribution is 0.00578. The molecule has 1 saturated heterocycles. The lowest BCUT2D eigenvalue weighted by Gasteiger charge is -2.32. The summed E-state index contributed by atoms with van der Waals surface area (Å²) in [5.41, 5.74) is 2.19. The van der Waals surface area contributed by atoms with Crippen LogP contribution in [0.25, 0.3) is 12.2 Å². The molecule has 2 aromatic heterocycles. The van der Waals surface area contributed by atoms with Gasteiger partial charge in [-0.05, 0) is 81.3 Å². The molecule has 3 heterocycles. The molecule has 0 N–H and O–H groups in total. The minimum Gasteiger partial charge on any atom is -0.399 e. The molecule has 0 spiro atoms. The Morgan fingerprint density at radius 1 is 0.960 bits per heavy atom. The van der Waals surface area contributed by atoms with Crippen molar-refractivity contribution in [2.45, 2.75) is 65.6 Å². The average Bonchev–Trinajstić information content (AvgIpc) is 3.21.